The van der Waals surface area contributed by atoms with Gasteiger partial charge in [0.2, 0.25) is 65.0 Å². The number of benzene rings is 3. The Morgan fingerprint density at radius 2 is 1.19 bits per heavy atom. The van der Waals surface area contributed by atoms with Gasteiger partial charge in [0.25, 0.3) is 0 Å². The lowest BCUT2D eigenvalue weighted by molar-refractivity contribution is -0.142. The summed E-state index contributed by atoms with van der Waals surface area (Å²) in [5.74, 6) is -9.65. The number of carbonyl (C=O) groups is 11. The van der Waals surface area contributed by atoms with E-state index in [2.05, 4.69) is 67.5 Å². The van der Waals surface area contributed by atoms with Crippen LogP contribution in [0.15, 0.2) is 77.8 Å². The van der Waals surface area contributed by atoms with E-state index in [0.717, 1.165) is 16.3 Å². The third-order valence-corrected chi connectivity index (χ3v) is 12.8. The average Bonchev–Trinajstić information content (AvgIpc) is 3.89. The van der Waals surface area contributed by atoms with E-state index in [0.29, 0.717) is 12.0 Å². The molecule has 17 N–H and O–H groups in total. The maximum Gasteiger partial charge on any atom is 0.246 e. The summed E-state index contributed by atoms with van der Waals surface area (Å²) in [5.41, 5.74) is 28.3. The van der Waals surface area contributed by atoms with E-state index in [4.69, 9.17) is 28.7 Å². The number of nitrogens with one attached hydrogen (secondary N) is 7. The SMILES string of the molecule is NC(=O)CC[C@H](NC(=O)[C@H](Cc1ccccc1)NC(=O)[C@@H](Cc1cccc2ccccc12)NC(=O)CCS)C(=O)N[C@@H](CC(N)=O)C(=O)N[C@@H](CS)C(=O)N1CCC[C@H]1C(=O)N[C@@H](CCCN=C(N)N)C(=O)NCC(N)=O. The standard InChI is InChI=1S/C50H68N14O11S2/c51-39(65)18-17-33(59-45(71)34(23-28-9-2-1-3-10-28)61-46(72)35(58-42(68)19-22-76)24-30-13-6-12-29-11-4-5-14-31(29)30)44(70)62-36(25-40(52)66)47(73)63-37(27-77)49(75)64-21-8-16-38(64)48(74)60-32(15-7-20-56-50(54)55)43(69)57-26-41(53)67/h1-6,9-14,32-38,76-77H,7-8,15-27H2,(H2,51,65)(H2,52,66)(H2,53,67)(H,57,69)(H,58,68)(H,59,71)(H,60,74)(H,61,72)(H,62,70)(H,63,73)(H4,54,55,56)/t32-,33-,34-,35+,36-,37-,38-/m0/s1. The van der Waals surface area contributed by atoms with Gasteiger partial charge in [-0.25, -0.2) is 0 Å². The summed E-state index contributed by atoms with van der Waals surface area (Å²) in [6, 6.07) is 11.8. The zero-order chi connectivity index (χ0) is 56.6. The number of carbonyl (C=O) groups excluding carboxylic acids is 11. The molecule has 1 heterocycles. The van der Waals surface area contributed by atoms with Crippen LogP contribution in [0.3, 0.4) is 0 Å². The number of primary amides is 3. The molecule has 11 amide bonds. The molecule has 27 heteroatoms. The highest BCUT2D eigenvalue weighted by Gasteiger charge is 2.40. The molecule has 0 radical (unpaired) electrons. The van der Waals surface area contributed by atoms with E-state index in [9.17, 15) is 52.7 Å². The van der Waals surface area contributed by atoms with Gasteiger partial charge in [0, 0.05) is 44.5 Å². The van der Waals surface area contributed by atoms with E-state index in [1.54, 1.807) is 30.3 Å². The van der Waals surface area contributed by atoms with Crippen LogP contribution in [0.1, 0.15) is 62.5 Å². The largest absolute Gasteiger partial charge is 0.370 e. The van der Waals surface area contributed by atoms with Crippen LogP contribution in [-0.2, 0) is 65.6 Å². The fraction of sp³-hybridized carbons (Fsp3) is 0.440. The topological polar surface area (TPSA) is 418 Å². The van der Waals surface area contributed by atoms with Gasteiger partial charge in [-0.3, -0.25) is 57.7 Å². The number of amides is 11. The molecule has 1 saturated heterocycles. The van der Waals surface area contributed by atoms with Crippen molar-refractivity contribution < 1.29 is 52.7 Å². The van der Waals surface area contributed by atoms with Crippen molar-refractivity contribution >= 4 is 107 Å². The molecule has 1 aliphatic heterocycles. The van der Waals surface area contributed by atoms with Gasteiger partial charge < -0.3 is 70.8 Å². The summed E-state index contributed by atoms with van der Waals surface area (Å²) in [4.78, 5) is 152. The van der Waals surface area contributed by atoms with Crippen molar-refractivity contribution in [3.05, 3.63) is 83.9 Å². The molecule has 3 aromatic rings. The molecule has 25 nitrogen and oxygen atoms in total. The van der Waals surface area contributed by atoms with Crippen LogP contribution in [0, 0.1) is 0 Å². The van der Waals surface area contributed by atoms with E-state index < -0.39 is 133 Å². The number of hydrogen-bond donors (Lipinski definition) is 14. The van der Waals surface area contributed by atoms with Crippen LogP contribution in [0.2, 0.25) is 0 Å². The first-order valence-electron chi connectivity index (χ1n) is 24.7. The van der Waals surface area contributed by atoms with E-state index in [-0.39, 0.29) is 69.1 Å². The first-order valence-corrected chi connectivity index (χ1v) is 26.0. The van der Waals surface area contributed by atoms with Gasteiger partial charge in [-0.2, -0.15) is 25.3 Å². The molecule has 4 rings (SSSR count). The van der Waals surface area contributed by atoms with Crippen LogP contribution >= 0.6 is 25.3 Å². The molecule has 416 valence electrons. The second kappa shape index (κ2) is 31.2. The minimum absolute atomic E-state index is 0.0124. The maximum absolute atomic E-state index is 14.4. The summed E-state index contributed by atoms with van der Waals surface area (Å²) in [7, 11) is 0. The molecule has 0 aromatic heterocycles. The number of guanidine groups is 1. The van der Waals surface area contributed by atoms with Crippen molar-refractivity contribution in [1.82, 2.24) is 42.1 Å². The molecule has 0 spiro atoms. The monoisotopic (exact) mass is 1100 g/mol. The third kappa shape index (κ3) is 20.3. The number of fused-ring (bicyclic) bond motifs is 1. The number of rotatable bonds is 31. The highest BCUT2D eigenvalue weighted by molar-refractivity contribution is 7.80. The minimum Gasteiger partial charge on any atom is -0.370 e. The van der Waals surface area contributed by atoms with Crippen molar-refractivity contribution in [1.29, 1.82) is 0 Å². The zero-order valence-electron chi connectivity index (χ0n) is 42.2. The lowest BCUT2D eigenvalue weighted by atomic mass is 9.97. The Labute approximate surface area is 455 Å². The van der Waals surface area contributed by atoms with Crippen molar-refractivity contribution in [3.63, 3.8) is 0 Å². The third-order valence-electron chi connectivity index (χ3n) is 12.2. The molecule has 0 bridgehead atoms. The highest BCUT2D eigenvalue weighted by atomic mass is 32.1. The van der Waals surface area contributed by atoms with Crippen molar-refractivity contribution in [2.75, 3.05) is 31.1 Å². The van der Waals surface area contributed by atoms with Gasteiger partial charge in [-0.05, 0) is 59.8 Å². The molecule has 77 heavy (non-hydrogen) atoms. The molecule has 0 saturated carbocycles. The maximum atomic E-state index is 14.4. The molecular weight excluding hydrogens is 1040 g/mol. The zero-order valence-corrected chi connectivity index (χ0v) is 44.0. The number of hydrogen-bond acceptors (Lipinski definition) is 14. The average molecular weight is 1110 g/mol. The predicted molar refractivity (Wildman–Crippen MR) is 291 cm³/mol. The molecule has 3 aromatic carbocycles. The van der Waals surface area contributed by atoms with E-state index in [1.165, 1.54) is 4.90 Å². The summed E-state index contributed by atoms with van der Waals surface area (Å²) >= 11 is 8.42. The number of likely N-dealkylation sites (tertiary alicyclic amines) is 1. The Balaban J connectivity index is 1.55. The fourth-order valence-electron chi connectivity index (χ4n) is 8.41. The number of nitrogens with two attached hydrogens (primary N) is 5. The highest BCUT2D eigenvalue weighted by Crippen LogP contribution is 2.22. The molecular formula is C50H68N14O11S2. The lowest BCUT2D eigenvalue weighted by Gasteiger charge is -2.30. The van der Waals surface area contributed by atoms with Gasteiger partial charge in [0.1, 0.15) is 42.3 Å². The Kier molecular flexibility index (Phi) is 25.0. The van der Waals surface area contributed by atoms with Crippen molar-refractivity contribution in [2.45, 2.75) is 107 Å². The number of aliphatic imine (C=N–C) groups is 1. The Morgan fingerprint density at radius 1 is 0.597 bits per heavy atom. The quantitative estimate of drug-likeness (QED) is 0.0129. The van der Waals surface area contributed by atoms with Crippen LogP contribution in [0.5, 0.6) is 0 Å². The van der Waals surface area contributed by atoms with Gasteiger partial charge in [-0.15, -0.1) is 0 Å². The van der Waals surface area contributed by atoms with Gasteiger partial charge in [0.15, 0.2) is 5.96 Å². The second-order valence-electron chi connectivity index (χ2n) is 18.1. The predicted octanol–water partition coefficient (Wildman–Crippen LogP) is -3.43. The fourth-order valence-corrected chi connectivity index (χ4v) is 8.86. The summed E-state index contributed by atoms with van der Waals surface area (Å²) in [6.07, 6.45) is -1.05. The molecule has 0 unspecified atom stereocenters. The molecule has 1 fully saturated rings. The van der Waals surface area contributed by atoms with Gasteiger partial charge >= 0.3 is 0 Å². The Hall–Kier alpha value is -7.94. The Morgan fingerprint density at radius 3 is 1.84 bits per heavy atom. The summed E-state index contributed by atoms with van der Waals surface area (Å²) < 4.78 is 0. The summed E-state index contributed by atoms with van der Waals surface area (Å²) in [6.45, 7) is -0.358. The minimum atomic E-state index is -1.78. The number of thiol groups is 2. The smallest absolute Gasteiger partial charge is 0.246 e. The number of nitrogens with zero attached hydrogens (tertiary/aromatic N) is 2. The molecule has 7 atom stereocenters. The van der Waals surface area contributed by atoms with Gasteiger partial charge in [-0.1, -0.05) is 72.8 Å². The van der Waals surface area contributed by atoms with Crippen LogP contribution in [-0.4, -0.2) is 149 Å². The lowest BCUT2D eigenvalue weighted by Crippen LogP contribution is -2.61. The van der Waals surface area contributed by atoms with E-state index in [1.807, 2.05) is 42.5 Å². The molecule has 0 aliphatic carbocycles. The van der Waals surface area contributed by atoms with Crippen molar-refractivity contribution in [2.24, 2.45) is 33.7 Å². The van der Waals surface area contributed by atoms with Crippen molar-refractivity contribution in [3.8, 4) is 0 Å². The Bertz CT molecular complexity index is 2640. The first kappa shape index (κ1) is 61.6. The van der Waals surface area contributed by atoms with Gasteiger partial charge in [0.05, 0.1) is 13.0 Å². The van der Waals surface area contributed by atoms with E-state index >= 15 is 0 Å². The second-order valence-corrected chi connectivity index (χ2v) is 18.9. The first-order chi connectivity index (χ1) is 36.7. The van der Waals surface area contributed by atoms with Crippen LogP contribution in [0.4, 0.5) is 0 Å². The molecule has 1 aliphatic rings. The summed E-state index contributed by atoms with van der Waals surface area (Å²) in [5, 5.41) is 19.5. The van der Waals surface area contributed by atoms with Crippen LogP contribution < -0.4 is 65.9 Å². The normalized spacial score (nSPS) is 15.2. The van der Waals surface area contributed by atoms with Crippen LogP contribution in [0.25, 0.3) is 10.8 Å².